The summed E-state index contributed by atoms with van der Waals surface area (Å²) in [6.07, 6.45) is 0. The van der Waals surface area contributed by atoms with Crippen LogP contribution in [-0.4, -0.2) is 16.7 Å². The van der Waals surface area contributed by atoms with Crippen molar-refractivity contribution in [3.8, 4) is 11.4 Å². The smallest absolute Gasteiger partial charge is 0.206 e. The largest absolute Gasteiger partial charge is 0.495 e. The second-order valence-electron chi connectivity index (χ2n) is 4.25. The summed E-state index contributed by atoms with van der Waals surface area (Å²) in [5, 5.41) is 1.20. The van der Waals surface area contributed by atoms with E-state index in [2.05, 4.69) is 4.98 Å². The van der Waals surface area contributed by atoms with E-state index in [4.69, 9.17) is 33.7 Å². The van der Waals surface area contributed by atoms with Gasteiger partial charge >= 0.3 is 0 Å². The number of imidazole rings is 1. The first-order valence-electron chi connectivity index (χ1n) is 5.87. The van der Waals surface area contributed by atoms with Crippen LogP contribution in [0.4, 0.5) is 5.95 Å². The Balaban J connectivity index is 2.34. The maximum atomic E-state index is 6.07. The number of ether oxygens (including phenoxy) is 1. The minimum absolute atomic E-state index is 0.350. The molecule has 0 bridgehead atoms. The predicted molar refractivity (Wildman–Crippen MR) is 82.1 cm³/mol. The van der Waals surface area contributed by atoms with Gasteiger partial charge in [0.05, 0.1) is 23.8 Å². The topological polar surface area (TPSA) is 53.1 Å². The highest BCUT2D eigenvalue weighted by molar-refractivity contribution is 6.31. The maximum Gasteiger partial charge on any atom is 0.206 e. The molecule has 6 heteroatoms. The van der Waals surface area contributed by atoms with Crippen molar-refractivity contribution in [2.45, 2.75) is 0 Å². The van der Waals surface area contributed by atoms with Crippen molar-refractivity contribution in [1.29, 1.82) is 0 Å². The molecule has 0 radical (unpaired) electrons. The molecule has 0 atom stereocenters. The number of aromatic nitrogens is 2. The zero-order chi connectivity index (χ0) is 14.3. The van der Waals surface area contributed by atoms with Gasteiger partial charge in [-0.1, -0.05) is 23.2 Å². The number of nitrogen functional groups attached to an aromatic ring is 1. The van der Waals surface area contributed by atoms with Crippen molar-refractivity contribution < 1.29 is 4.74 Å². The number of rotatable bonds is 2. The van der Waals surface area contributed by atoms with E-state index in [0.29, 0.717) is 21.7 Å². The zero-order valence-corrected chi connectivity index (χ0v) is 12.1. The van der Waals surface area contributed by atoms with E-state index in [1.165, 1.54) is 0 Å². The van der Waals surface area contributed by atoms with Gasteiger partial charge in [-0.05, 0) is 36.4 Å². The van der Waals surface area contributed by atoms with Gasteiger partial charge in [0, 0.05) is 10.0 Å². The highest BCUT2D eigenvalue weighted by atomic mass is 35.5. The van der Waals surface area contributed by atoms with Crippen LogP contribution in [0.25, 0.3) is 16.7 Å². The monoisotopic (exact) mass is 307 g/mol. The van der Waals surface area contributed by atoms with Gasteiger partial charge in [-0.3, -0.25) is 4.57 Å². The van der Waals surface area contributed by atoms with E-state index in [9.17, 15) is 0 Å². The molecule has 0 aliphatic rings. The maximum absolute atomic E-state index is 6.07. The van der Waals surface area contributed by atoms with Crippen molar-refractivity contribution in [3.05, 3.63) is 46.4 Å². The minimum Gasteiger partial charge on any atom is -0.495 e. The minimum atomic E-state index is 0.350. The summed E-state index contributed by atoms with van der Waals surface area (Å²) in [5.41, 5.74) is 8.32. The Labute approximate surface area is 125 Å². The first-order chi connectivity index (χ1) is 9.60. The lowest BCUT2D eigenvalue weighted by Gasteiger charge is -2.12. The average molecular weight is 308 g/mol. The summed E-state index contributed by atoms with van der Waals surface area (Å²) >= 11 is 12.0. The van der Waals surface area contributed by atoms with Crippen molar-refractivity contribution in [2.75, 3.05) is 12.8 Å². The molecular weight excluding hydrogens is 297 g/mol. The first kappa shape index (κ1) is 13.1. The van der Waals surface area contributed by atoms with Gasteiger partial charge in [0.2, 0.25) is 5.95 Å². The fraction of sp³-hybridized carbons (Fsp3) is 0.0714. The number of hydrogen-bond donors (Lipinski definition) is 1. The third-order valence-corrected chi connectivity index (χ3v) is 3.49. The van der Waals surface area contributed by atoms with E-state index in [-0.39, 0.29) is 0 Å². The number of halogens is 2. The first-order valence-corrected chi connectivity index (χ1v) is 6.63. The van der Waals surface area contributed by atoms with Gasteiger partial charge in [0.1, 0.15) is 5.75 Å². The van der Waals surface area contributed by atoms with Crippen LogP contribution in [0.2, 0.25) is 10.0 Å². The Bertz CT molecular complexity index is 798. The Kier molecular flexibility index (Phi) is 3.20. The SMILES string of the molecule is COc1ccc(Cl)cc1-n1c(N)nc2cc(Cl)ccc21. The van der Waals surface area contributed by atoms with E-state index in [1.807, 2.05) is 6.07 Å². The molecule has 0 unspecified atom stereocenters. The Morgan fingerprint density at radius 1 is 1.10 bits per heavy atom. The van der Waals surface area contributed by atoms with Crippen LogP contribution in [0.5, 0.6) is 5.75 Å². The molecule has 2 aromatic carbocycles. The summed E-state index contributed by atoms with van der Waals surface area (Å²) in [7, 11) is 1.60. The van der Waals surface area contributed by atoms with Crippen LogP contribution in [-0.2, 0) is 0 Å². The predicted octanol–water partition coefficient (Wildman–Crippen LogP) is 3.92. The van der Waals surface area contributed by atoms with Crippen LogP contribution < -0.4 is 10.5 Å². The summed E-state index contributed by atoms with van der Waals surface area (Å²) < 4.78 is 7.15. The van der Waals surface area contributed by atoms with Gasteiger partial charge in [-0.2, -0.15) is 0 Å². The molecule has 1 aromatic heterocycles. The molecule has 0 amide bonds. The van der Waals surface area contributed by atoms with Crippen molar-refractivity contribution in [2.24, 2.45) is 0 Å². The zero-order valence-electron chi connectivity index (χ0n) is 10.6. The summed E-state index contributed by atoms with van der Waals surface area (Å²) in [5.74, 6) is 1.01. The normalized spacial score (nSPS) is 10.9. The van der Waals surface area contributed by atoms with Gasteiger partial charge < -0.3 is 10.5 Å². The standard InChI is InChI=1S/C14H11Cl2N3O/c1-20-13-5-3-9(16)7-12(13)19-11-4-2-8(15)6-10(11)18-14(19)17/h2-7H,1H3,(H2,17,18). The van der Waals surface area contributed by atoms with Gasteiger partial charge in [0.15, 0.2) is 0 Å². The number of benzene rings is 2. The molecule has 0 saturated carbocycles. The van der Waals surface area contributed by atoms with E-state index in [1.54, 1.807) is 42.0 Å². The van der Waals surface area contributed by atoms with E-state index >= 15 is 0 Å². The molecular formula is C14H11Cl2N3O. The number of methoxy groups -OCH3 is 1. The van der Waals surface area contributed by atoms with Crippen LogP contribution >= 0.6 is 23.2 Å². The lowest BCUT2D eigenvalue weighted by molar-refractivity contribution is 0.413. The number of anilines is 1. The molecule has 0 fully saturated rings. The Morgan fingerprint density at radius 2 is 1.80 bits per heavy atom. The lowest BCUT2D eigenvalue weighted by atomic mass is 10.2. The number of nitrogens with zero attached hydrogens (tertiary/aromatic N) is 2. The average Bonchev–Trinajstić information content (AvgIpc) is 2.73. The molecule has 0 aliphatic carbocycles. The van der Waals surface area contributed by atoms with E-state index < -0.39 is 0 Å². The second kappa shape index (κ2) is 4.89. The lowest BCUT2D eigenvalue weighted by Crippen LogP contribution is -2.02. The number of hydrogen-bond acceptors (Lipinski definition) is 3. The summed E-state index contributed by atoms with van der Waals surface area (Å²) in [4.78, 5) is 4.31. The molecule has 3 rings (SSSR count). The van der Waals surface area contributed by atoms with Gasteiger partial charge in [-0.15, -0.1) is 0 Å². The third-order valence-electron chi connectivity index (χ3n) is 3.02. The Hall–Kier alpha value is -1.91. The van der Waals surface area contributed by atoms with Crippen molar-refractivity contribution >= 4 is 40.2 Å². The highest BCUT2D eigenvalue weighted by Gasteiger charge is 2.14. The fourth-order valence-electron chi connectivity index (χ4n) is 2.16. The van der Waals surface area contributed by atoms with Gasteiger partial charge in [-0.25, -0.2) is 4.98 Å². The summed E-state index contributed by atoms with van der Waals surface area (Å²) in [6.45, 7) is 0. The van der Waals surface area contributed by atoms with Crippen LogP contribution in [0.1, 0.15) is 0 Å². The molecule has 2 N–H and O–H groups in total. The molecule has 0 saturated heterocycles. The molecule has 0 aliphatic heterocycles. The second-order valence-corrected chi connectivity index (χ2v) is 5.13. The molecule has 4 nitrogen and oxygen atoms in total. The number of fused-ring (bicyclic) bond motifs is 1. The quantitative estimate of drug-likeness (QED) is 0.780. The Morgan fingerprint density at radius 3 is 2.55 bits per heavy atom. The van der Waals surface area contributed by atoms with Crippen molar-refractivity contribution in [1.82, 2.24) is 9.55 Å². The molecule has 0 spiro atoms. The van der Waals surface area contributed by atoms with Gasteiger partial charge in [0.25, 0.3) is 0 Å². The van der Waals surface area contributed by atoms with E-state index in [0.717, 1.165) is 16.7 Å². The molecule has 3 aromatic rings. The van der Waals surface area contributed by atoms with Crippen LogP contribution in [0.15, 0.2) is 36.4 Å². The van der Waals surface area contributed by atoms with Crippen LogP contribution in [0.3, 0.4) is 0 Å². The fourth-order valence-corrected chi connectivity index (χ4v) is 2.50. The highest BCUT2D eigenvalue weighted by Crippen LogP contribution is 2.32. The molecule has 20 heavy (non-hydrogen) atoms. The molecule has 102 valence electrons. The number of nitrogens with two attached hydrogens (primary N) is 1. The van der Waals surface area contributed by atoms with Crippen molar-refractivity contribution in [3.63, 3.8) is 0 Å². The van der Waals surface area contributed by atoms with Crippen LogP contribution in [0, 0.1) is 0 Å². The molecule has 1 heterocycles. The third kappa shape index (κ3) is 2.07. The summed E-state index contributed by atoms with van der Waals surface area (Å²) in [6, 6.07) is 10.8.